The van der Waals surface area contributed by atoms with Gasteiger partial charge in [0.05, 0.1) is 19.3 Å². The van der Waals surface area contributed by atoms with Gasteiger partial charge in [0.25, 0.3) is 0 Å². The van der Waals surface area contributed by atoms with Gasteiger partial charge in [-0.25, -0.2) is 0 Å². The summed E-state index contributed by atoms with van der Waals surface area (Å²) in [5, 5.41) is 33.7. The van der Waals surface area contributed by atoms with Crippen molar-refractivity contribution in [2.45, 2.75) is 38.1 Å². The van der Waals surface area contributed by atoms with Crippen LogP contribution >= 0.6 is 0 Å². The Bertz CT molecular complexity index is 455. The van der Waals surface area contributed by atoms with Gasteiger partial charge in [0.15, 0.2) is 0 Å². The van der Waals surface area contributed by atoms with E-state index in [0.29, 0.717) is 0 Å². The van der Waals surface area contributed by atoms with E-state index in [1.807, 2.05) is 0 Å². The van der Waals surface area contributed by atoms with Crippen molar-refractivity contribution in [1.29, 1.82) is 0 Å². The van der Waals surface area contributed by atoms with Gasteiger partial charge < -0.3 is 37.0 Å². The van der Waals surface area contributed by atoms with E-state index in [0.717, 1.165) is 0 Å². The molecule has 0 unspecified atom stereocenters. The van der Waals surface area contributed by atoms with Gasteiger partial charge in [0.2, 0.25) is 17.7 Å². The minimum atomic E-state index is -1.46. The molecule has 0 radical (unpaired) electrons. The van der Waals surface area contributed by atoms with E-state index in [1.54, 1.807) is 0 Å². The van der Waals surface area contributed by atoms with Gasteiger partial charge >= 0.3 is 5.97 Å². The molecule has 3 amide bonds. The minimum Gasteiger partial charge on any atom is -0.480 e. The number of carboxylic acids is 1. The van der Waals surface area contributed by atoms with Crippen LogP contribution in [0.3, 0.4) is 0 Å². The third-order valence-electron chi connectivity index (χ3n) is 2.81. The fourth-order valence-electron chi connectivity index (χ4n) is 1.47. The molecule has 0 aliphatic heterocycles. The van der Waals surface area contributed by atoms with Gasteiger partial charge in [-0.3, -0.25) is 19.2 Å². The first-order valence-electron chi connectivity index (χ1n) is 6.75. The molecule has 0 aromatic heterocycles. The predicted molar refractivity (Wildman–Crippen MR) is 76.9 cm³/mol. The predicted octanol–water partition coefficient (Wildman–Crippen LogP) is -4.12. The van der Waals surface area contributed by atoms with Gasteiger partial charge in [-0.2, -0.15) is 0 Å². The van der Waals surface area contributed by atoms with E-state index in [2.05, 4.69) is 16.0 Å². The standard InChI is InChI=1S/C12H22N4O7/c1-5(12(22)23)14-11(21)9(6(2)18)16-10(20)7(4-17)15-8(19)3-13/h5-7,9,17-18H,3-4,13H2,1-2H3,(H,14,21)(H,15,19)(H,16,20)(H,22,23)/t5-,6+,7-,9-/m0/s1. The lowest BCUT2D eigenvalue weighted by Gasteiger charge is -2.24. The molecule has 0 aromatic rings. The van der Waals surface area contributed by atoms with Gasteiger partial charge in [0, 0.05) is 0 Å². The maximum Gasteiger partial charge on any atom is 0.325 e. The van der Waals surface area contributed by atoms with E-state index < -0.39 is 61.1 Å². The van der Waals surface area contributed by atoms with Crippen LogP contribution in [0.1, 0.15) is 13.8 Å². The smallest absolute Gasteiger partial charge is 0.325 e. The number of hydrogen-bond donors (Lipinski definition) is 7. The SMILES string of the molecule is C[C@H](NC(=O)[C@@H](NC(=O)[C@H](CO)NC(=O)CN)[C@@H](C)O)C(=O)O. The Morgan fingerprint density at radius 3 is 2.00 bits per heavy atom. The zero-order chi connectivity index (χ0) is 18.2. The molecule has 8 N–H and O–H groups in total. The molecule has 0 aliphatic rings. The number of aliphatic hydroxyl groups excluding tert-OH is 2. The maximum absolute atomic E-state index is 11.9. The van der Waals surface area contributed by atoms with E-state index in [-0.39, 0.29) is 0 Å². The number of carboxylic acid groups (broad SMARTS) is 1. The second kappa shape index (κ2) is 9.71. The Balaban J connectivity index is 4.91. The zero-order valence-electron chi connectivity index (χ0n) is 12.8. The topological polar surface area (TPSA) is 191 Å². The number of aliphatic hydroxyl groups is 2. The highest BCUT2D eigenvalue weighted by Crippen LogP contribution is 1.97. The van der Waals surface area contributed by atoms with Crippen molar-refractivity contribution in [3.63, 3.8) is 0 Å². The molecule has 11 heteroatoms. The molecular formula is C12H22N4O7. The normalized spacial score (nSPS) is 15.7. The zero-order valence-corrected chi connectivity index (χ0v) is 12.8. The molecular weight excluding hydrogens is 312 g/mol. The van der Waals surface area contributed by atoms with E-state index in [4.69, 9.17) is 15.9 Å². The Kier molecular flexibility index (Phi) is 8.77. The Morgan fingerprint density at radius 2 is 1.61 bits per heavy atom. The molecule has 0 aliphatic carbocycles. The van der Waals surface area contributed by atoms with Crippen molar-refractivity contribution >= 4 is 23.7 Å². The first kappa shape index (κ1) is 20.8. The van der Waals surface area contributed by atoms with Crippen molar-refractivity contribution in [2.75, 3.05) is 13.2 Å². The van der Waals surface area contributed by atoms with Crippen LogP contribution in [0.2, 0.25) is 0 Å². The summed E-state index contributed by atoms with van der Waals surface area (Å²) in [5.74, 6) is -3.85. The molecule has 11 nitrogen and oxygen atoms in total. The second-order valence-electron chi connectivity index (χ2n) is 4.80. The highest BCUT2D eigenvalue weighted by molar-refractivity contribution is 5.93. The molecule has 0 rings (SSSR count). The fourth-order valence-corrected chi connectivity index (χ4v) is 1.47. The third-order valence-corrected chi connectivity index (χ3v) is 2.81. The van der Waals surface area contributed by atoms with Crippen LogP contribution in [0.4, 0.5) is 0 Å². The Labute approximate surface area is 132 Å². The quantitative estimate of drug-likeness (QED) is 0.221. The summed E-state index contributed by atoms with van der Waals surface area (Å²) in [6.45, 7) is 1.26. The summed E-state index contributed by atoms with van der Waals surface area (Å²) < 4.78 is 0. The monoisotopic (exact) mass is 334 g/mol. The van der Waals surface area contributed by atoms with Crippen LogP contribution in [0, 0.1) is 0 Å². The third kappa shape index (κ3) is 7.04. The second-order valence-corrected chi connectivity index (χ2v) is 4.80. The number of aliphatic carboxylic acids is 1. The van der Waals surface area contributed by atoms with Crippen LogP contribution in [0.25, 0.3) is 0 Å². The van der Waals surface area contributed by atoms with E-state index in [1.165, 1.54) is 13.8 Å². The number of rotatable bonds is 9. The molecule has 0 bridgehead atoms. The molecule has 0 saturated carbocycles. The molecule has 23 heavy (non-hydrogen) atoms. The minimum absolute atomic E-state index is 0.403. The summed E-state index contributed by atoms with van der Waals surface area (Å²) in [5.41, 5.74) is 5.07. The summed E-state index contributed by atoms with van der Waals surface area (Å²) in [4.78, 5) is 45.7. The van der Waals surface area contributed by atoms with Crippen LogP contribution in [0.15, 0.2) is 0 Å². The summed E-state index contributed by atoms with van der Waals surface area (Å²) in [7, 11) is 0. The Morgan fingerprint density at radius 1 is 1.04 bits per heavy atom. The Hall–Kier alpha value is -2.24. The number of hydrogen-bond acceptors (Lipinski definition) is 7. The van der Waals surface area contributed by atoms with Crippen molar-refractivity contribution in [3.05, 3.63) is 0 Å². The van der Waals surface area contributed by atoms with Crippen LogP contribution in [-0.2, 0) is 19.2 Å². The summed E-state index contributed by atoms with van der Waals surface area (Å²) in [6.07, 6.45) is -1.34. The average Bonchev–Trinajstić information content (AvgIpc) is 2.48. The first-order chi connectivity index (χ1) is 10.6. The maximum atomic E-state index is 11.9. The number of carbonyl (C=O) groups is 4. The molecule has 0 spiro atoms. The number of nitrogens with one attached hydrogen (secondary N) is 3. The molecule has 0 aromatic carbocycles. The van der Waals surface area contributed by atoms with E-state index in [9.17, 15) is 24.3 Å². The largest absolute Gasteiger partial charge is 0.480 e. The average molecular weight is 334 g/mol. The van der Waals surface area contributed by atoms with Crippen molar-refractivity contribution < 1.29 is 34.5 Å². The lowest BCUT2D eigenvalue weighted by Crippen LogP contribution is -2.59. The highest BCUT2D eigenvalue weighted by Gasteiger charge is 2.30. The van der Waals surface area contributed by atoms with Crippen molar-refractivity contribution in [2.24, 2.45) is 5.73 Å². The molecule has 0 fully saturated rings. The number of nitrogens with two attached hydrogens (primary N) is 1. The summed E-state index contributed by atoms with van der Waals surface area (Å²) >= 11 is 0. The van der Waals surface area contributed by atoms with Gasteiger partial charge in [0.1, 0.15) is 18.1 Å². The highest BCUT2D eigenvalue weighted by atomic mass is 16.4. The van der Waals surface area contributed by atoms with Crippen LogP contribution < -0.4 is 21.7 Å². The number of carbonyl (C=O) groups excluding carboxylic acids is 3. The molecule has 0 saturated heterocycles. The van der Waals surface area contributed by atoms with Gasteiger partial charge in [-0.1, -0.05) is 0 Å². The fraction of sp³-hybridized carbons (Fsp3) is 0.667. The van der Waals surface area contributed by atoms with Crippen molar-refractivity contribution in [1.82, 2.24) is 16.0 Å². The van der Waals surface area contributed by atoms with Gasteiger partial charge in [-0.15, -0.1) is 0 Å². The first-order valence-corrected chi connectivity index (χ1v) is 6.75. The summed E-state index contributed by atoms with van der Waals surface area (Å²) in [6, 6.07) is -4.06. The van der Waals surface area contributed by atoms with Crippen LogP contribution in [0.5, 0.6) is 0 Å². The lowest BCUT2D eigenvalue weighted by atomic mass is 10.1. The molecule has 132 valence electrons. The molecule has 0 heterocycles. The lowest BCUT2D eigenvalue weighted by molar-refractivity contribution is -0.142. The van der Waals surface area contributed by atoms with Crippen molar-refractivity contribution in [3.8, 4) is 0 Å². The van der Waals surface area contributed by atoms with Gasteiger partial charge in [-0.05, 0) is 13.8 Å². The number of amides is 3. The van der Waals surface area contributed by atoms with E-state index >= 15 is 0 Å². The van der Waals surface area contributed by atoms with Crippen LogP contribution in [-0.4, -0.2) is 76.4 Å². The molecule has 4 atom stereocenters.